The van der Waals surface area contributed by atoms with Crippen LogP contribution in [-0.4, -0.2) is 19.7 Å². The van der Waals surface area contributed by atoms with Crippen molar-refractivity contribution in [2.24, 2.45) is 5.92 Å². The Balaban J connectivity index is 1.60. The molecular formula is C19H20N4. The Bertz CT molecular complexity index is 878. The quantitative estimate of drug-likeness (QED) is 0.733. The summed E-state index contributed by atoms with van der Waals surface area (Å²) in [6.07, 6.45) is 7.88. The molecular weight excluding hydrogens is 284 g/mol. The van der Waals surface area contributed by atoms with Crippen molar-refractivity contribution in [1.82, 2.24) is 19.7 Å². The Morgan fingerprint density at radius 3 is 2.65 bits per heavy atom. The Morgan fingerprint density at radius 2 is 1.96 bits per heavy atom. The number of aryl methyl sites for hydroxylation is 1. The smallest absolute Gasteiger partial charge is 0.200 e. The predicted molar refractivity (Wildman–Crippen MR) is 90.1 cm³/mol. The summed E-state index contributed by atoms with van der Waals surface area (Å²) < 4.78 is 2.24. The first-order valence-corrected chi connectivity index (χ1v) is 8.59. The topological polar surface area (TPSA) is 43.6 Å². The maximum atomic E-state index is 4.88. The zero-order valence-electron chi connectivity index (χ0n) is 13.4. The van der Waals surface area contributed by atoms with Crippen LogP contribution in [0.2, 0.25) is 0 Å². The van der Waals surface area contributed by atoms with E-state index in [0.29, 0.717) is 0 Å². The highest BCUT2D eigenvalue weighted by molar-refractivity contribution is 5.84. The van der Waals surface area contributed by atoms with E-state index in [0.717, 1.165) is 41.5 Å². The monoisotopic (exact) mass is 304 g/mol. The SMILES string of the molecule is CCCc1nc(-c2cc3ccccc3cn2)nn1C12CC(C1)C2. The minimum absolute atomic E-state index is 0.289. The Hall–Kier alpha value is -2.23. The van der Waals surface area contributed by atoms with Crippen LogP contribution in [0.15, 0.2) is 36.5 Å². The standard InChI is InChI=1S/C19H20N4/c1-2-5-17-21-18(22-23(17)19-9-13(10-19)11-19)16-8-14-6-3-4-7-15(14)12-20-16/h3-4,6-8,12-13H,2,5,9-11H2,1H3. The van der Waals surface area contributed by atoms with Gasteiger partial charge in [-0.2, -0.15) is 0 Å². The van der Waals surface area contributed by atoms with Crippen molar-refractivity contribution in [3.63, 3.8) is 0 Å². The fourth-order valence-corrected chi connectivity index (χ4v) is 4.12. The number of hydrogen-bond donors (Lipinski definition) is 0. The van der Waals surface area contributed by atoms with E-state index in [9.17, 15) is 0 Å². The van der Waals surface area contributed by atoms with Gasteiger partial charge in [-0.3, -0.25) is 4.98 Å². The molecule has 0 saturated heterocycles. The molecule has 3 aliphatic rings. The lowest BCUT2D eigenvalue weighted by Crippen LogP contribution is -2.60. The molecule has 2 bridgehead atoms. The highest BCUT2D eigenvalue weighted by atomic mass is 15.4. The molecule has 3 fully saturated rings. The first kappa shape index (κ1) is 13.2. The molecule has 2 heterocycles. The molecule has 0 aliphatic heterocycles. The van der Waals surface area contributed by atoms with Crippen LogP contribution in [0, 0.1) is 5.92 Å². The summed E-state index contributed by atoms with van der Waals surface area (Å²) in [5.74, 6) is 2.86. The second-order valence-electron chi connectivity index (χ2n) is 7.13. The van der Waals surface area contributed by atoms with E-state index in [-0.39, 0.29) is 5.54 Å². The van der Waals surface area contributed by atoms with E-state index in [2.05, 4.69) is 40.9 Å². The Morgan fingerprint density at radius 1 is 1.17 bits per heavy atom. The fourth-order valence-electron chi connectivity index (χ4n) is 4.12. The number of aromatic nitrogens is 4. The van der Waals surface area contributed by atoms with E-state index in [1.54, 1.807) is 0 Å². The van der Waals surface area contributed by atoms with Gasteiger partial charge in [0, 0.05) is 18.0 Å². The molecule has 0 atom stereocenters. The summed E-state index contributed by atoms with van der Waals surface area (Å²) in [7, 11) is 0. The van der Waals surface area contributed by atoms with Gasteiger partial charge in [0.05, 0.1) is 5.54 Å². The van der Waals surface area contributed by atoms with Gasteiger partial charge in [-0.25, -0.2) is 9.67 Å². The molecule has 0 unspecified atom stereocenters. The lowest BCUT2D eigenvalue weighted by molar-refractivity contribution is -0.0998. The summed E-state index contributed by atoms with van der Waals surface area (Å²) in [6.45, 7) is 2.20. The Kier molecular flexibility index (Phi) is 2.67. The van der Waals surface area contributed by atoms with E-state index < -0.39 is 0 Å². The van der Waals surface area contributed by atoms with Crippen LogP contribution in [0.3, 0.4) is 0 Å². The largest absolute Gasteiger partial charge is 0.252 e. The lowest BCUT2D eigenvalue weighted by Gasteiger charge is -2.61. The summed E-state index contributed by atoms with van der Waals surface area (Å²) in [4.78, 5) is 9.43. The molecule has 116 valence electrons. The maximum Gasteiger partial charge on any atom is 0.200 e. The molecule has 4 heteroatoms. The minimum atomic E-state index is 0.289. The highest BCUT2D eigenvalue weighted by Crippen LogP contribution is 2.62. The number of rotatable bonds is 4. The minimum Gasteiger partial charge on any atom is -0.252 e. The molecule has 2 aromatic heterocycles. The molecule has 4 nitrogen and oxygen atoms in total. The number of fused-ring (bicyclic) bond motifs is 1. The molecule has 3 aliphatic carbocycles. The third-order valence-electron chi connectivity index (χ3n) is 5.46. The van der Waals surface area contributed by atoms with Gasteiger partial charge in [-0.15, -0.1) is 5.10 Å². The number of pyridine rings is 1. The molecule has 6 rings (SSSR count). The first-order valence-electron chi connectivity index (χ1n) is 8.59. The van der Waals surface area contributed by atoms with Gasteiger partial charge in [-0.1, -0.05) is 31.2 Å². The molecule has 0 radical (unpaired) electrons. The van der Waals surface area contributed by atoms with Crippen LogP contribution in [-0.2, 0) is 12.0 Å². The van der Waals surface area contributed by atoms with Crippen molar-refractivity contribution < 1.29 is 0 Å². The summed E-state index contributed by atoms with van der Waals surface area (Å²) in [5.41, 5.74) is 1.17. The van der Waals surface area contributed by atoms with Crippen LogP contribution >= 0.6 is 0 Å². The van der Waals surface area contributed by atoms with Crippen molar-refractivity contribution in [3.05, 3.63) is 42.4 Å². The van der Waals surface area contributed by atoms with E-state index >= 15 is 0 Å². The van der Waals surface area contributed by atoms with Gasteiger partial charge in [-0.05, 0) is 43.1 Å². The van der Waals surface area contributed by atoms with Crippen molar-refractivity contribution in [2.75, 3.05) is 0 Å². The second-order valence-corrected chi connectivity index (χ2v) is 7.13. The molecule has 3 saturated carbocycles. The van der Waals surface area contributed by atoms with Gasteiger partial charge in [0.1, 0.15) is 11.5 Å². The molecule has 0 amide bonds. The predicted octanol–water partition coefficient (Wildman–Crippen LogP) is 3.95. The zero-order valence-corrected chi connectivity index (χ0v) is 13.4. The fraction of sp³-hybridized carbons (Fsp3) is 0.421. The molecule has 23 heavy (non-hydrogen) atoms. The molecule has 0 N–H and O–H groups in total. The van der Waals surface area contributed by atoms with E-state index in [4.69, 9.17) is 10.1 Å². The van der Waals surface area contributed by atoms with Crippen molar-refractivity contribution in [1.29, 1.82) is 0 Å². The zero-order chi connectivity index (χ0) is 15.4. The lowest BCUT2D eigenvalue weighted by atomic mass is 9.50. The van der Waals surface area contributed by atoms with Gasteiger partial charge < -0.3 is 0 Å². The highest BCUT2D eigenvalue weighted by Gasteiger charge is 2.59. The number of benzene rings is 1. The molecule has 1 aromatic carbocycles. The Labute approximate surface area is 135 Å². The second kappa shape index (κ2) is 4.63. The third kappa shape index (κ3) is 1.87. The van der Waals surface area contributed by atoms with Crippen molar-refractivity contribution >= 4 is 10.8 Å². The van der Waals surface area contributed by atoms with Crippen LogP contribution < -0.4 is 0 Å². The van der Waals surface area contributed by atoms with Crippen molar-refractivity contribution in [2.45, 2.75) is 44.6 Å². The van der Waals surface area contributed by atoms with Gasteiger partial charge >= 0.3 is 0 Å². The normalized spacial score (nSPS) is 25.2. The summed E-state index contributed by atoms with van der Waals surface area (Å²) in [5, 5.41) is 7.23. The van der Waals surface area contributed by atoms with Gasteiger partial charge in [0.15, 0.2) is 5.82 Å². The first-order chi connectivity index (χ1) is 11.3. The average Bonchev–Trinajstić information content (AvgIpc) is 2.88. The van der Waals surface area contributed by atoms with Crippen molar-refractivity contribution in [3.8, 4) is 11.5 Å². The van der Waals surface area contributed by atoms with Gasteiger partial charge in [0.2, 0.25) is 0 Å². The number of nitrogens with zero attached hydrogens (tertiary/aromatic N) is 4. The van der Waals surface area contributed by atoms with Crippen LogP contribution in [0.1, 0.15) is 38.4 Å². The van der Waals surface area contributed by atoms with Gasteiger partial charge in [0.25, 0.3) is 0 Å². The molecule has 3 aromatic rings. The molecule has 0 spiro atoms. The van der Waals surface area contributed by atoms with E-state index in [1.807, 2.05) is 12.3 Å². The summed E-state index contributed by atoms with van der Waals surface area (Å²) >= 11 is 0. The number of hydrogen-bond acceptors (Lipinski definition) is 3. The average molecular weight is 304 g/mol. The third-order valence-corrected chi connectivity index (χ3v) is 5.46. The van der Waals surface area contributed by atoms with Crippen LogP contribution in [0.4, 0.5) is 0 Å². The summed E-state index contributed by atoms with van der Waals surface area (Å²) in [6, 6.07) is 10.4. The van der Waals surface area contributed by atoms with Crippen LogP contribution in [0.5, 0.6) is 0 Å². The van der Waals surface area contributed by atoms with Crippen LogP contribution in [0.25, 0.3) is 22.3 Å². The van der Waals surface area contributed by atoms with E-state index in [1.165, 1.54) is 24.6 Å². The maximum absolute atomic E-state index is 4.88.